The summed E-state index contributed by atoms with van der Waals surface area (Å²) in [6.45, 7) is 1.43. The predicted octanol–water partition coefficient (Wildman–Crippen LogP) is 2.84. The maximum atomic E-state index is 11.9. The van der Waals surface area contributed by atoms with Crippen LogP contribution >= 0.6 is 15.9 Å². The van der Waals surface area contributed by atoms with E-state index in [1.165, 1.54) is 12.5 Å². The van der Waals surface area contributed by atoms with Crippen LogP contribution in [-0.2, 0) is 4.74 Å². The van der Waals surface area contributed by atoms with Gasteiger partial charge in [0.25, 0.3) is 5.91 Å². The van der Waals surface area contributed by atoms with Crippen LogP contribution in [0.15, 0.2) is 22.7 Å². The van der Waals surface area contributed by atoms with Gasteiger partial charge in [0.2, 0.25) is 0 Å². The monoisotopic (exact) mass is 327 g/mol. The quantitative estimate of drug-likeness (QED) is 0.894. The van der Waals surface area contributed by atoms with E-state index in [-0.39, 0.29) is 17.8 Å². The van der Waals surface area contributed by atoms with Crippen molar-refractivity contribution in [1.29, 1.82) is 0 Å². The van der Waals surface area contributed by atoms with Gasteiger partial charge in [-0.05, 0) is 59.8 Å². The van der Waals surface area contributed by atoms with Gasteiger partial charge in [0.05, 0.1) is 10.6 Å². The lowest BCUT2D eigenvalue weighted by molar-refractivity contribution is 0.0117. The maximum absolute atomic E-state index is 11.9. The van der Waals surface area contributed by atoms with E-state index in [0.717, 1.165) is 25.9 Å². The van der Waals surface area contributed by atoms with E-state index >= 15 is 0 Å². The molecule has 5 heteroatoms. The van der Waals surface area contributed by atoms with E-state index in [2.05, 4.69) is 21.2 Å². The number of hydrogen-bond acceptors (Lipinski definition) is 3. The molecule has 0 aromatic heterocycles. The van der Waals surface area contributed by atoms with Gasteiger partial charge in [-0.1, -0.05) is 0 Å². The highest BCUT2D eigenvalue weighted by Crippen LogP contribution is 2.24. The Balaban J connectivity index is 1.78. The molecule has 0 aliphatic carbocycles. The van der Waals surface area contributed by atoms with Gasteiger partial charge in [-0.2, -0.15) is 0 Å². The summed E-state index contributed by atoms with van der Waals surface area (Å²) in [5, 5.41) is 12.4. The van der Waals surface area contributed by atoms with Gasteiger partial charge in [-0.15, -0.1) is 0 Å². The smallest absolute Gasteiger partial charge is 0.251 e. The lowest BCUT2D eigenvalue weighted by Crippen LogP contribution is -2.29. The van der Waals surface area contributed by atoms with Crippen LogP contribution in [0, 0.1) is 0 Å². The van der Waals surface area contributed by atoms with E-state index in [9.17, 15) is 9.90 Å². The molecule has 1 heterocycles. The van der Waals surface area contributed by atoms with Crippen molar-refractivity contribution in [1.82, 2.24) is 5.32 Å². The Bertz CT molecular complexity index is 444. The van der Waals surface area contributed by atoms with Crippen molar-refractivity contribution in [2.75, 3.05) is 13.2 Å². The molecule has 2 N–H and O–H groups in total. The highest BCUT2D eigenvalue weighted by Gasteiger charge is 2.14. The first-order valence-corrected chi connectivity index (χ1v) is 7.34. The summed E-state index contributed by atoms with van der Waals surface area (Å²) in [5.74, 6) is -0.0955. The van der Waals surface area contributed by atoms with Gasteiger partial charge >= 0.3 is 0 Å². The van der Waals surface area contributed by atoms with Gasteiger partial charge in [-0.25, -0.2) is 0 Å². The molecule has 1 atom stereocenters. The molecule has 19 heavy (non-hydrogen) atoms. The maximum Gasteiger partial charge on any atom is 0.251 e. The summed E-state index contributed by atoms with van der Waals surface area (Å²) >= 11 is 3.18. The Morgan fingerprint density at radius 1 is 1.47 bits per heavy atom. The minimum atomic E-state index is -0.168. The molecule has 4 nitrogen and oxygen atoms in total. The first-order valence-electron chi connectivity index (χ1n) is 6.55. The normalized spacial score (nSPS) is 19.1. The van der Waals surface area contributed by atoms with Crippen molar-refractivity contribution in [3.8, 4) is 5.75 Å². The molecule has 1 fully saturated rings. The molecule has 0 saturated carbocycles. The average Bonchev–Trinajstić information content (AvgIpc) is 2.43. The molecule has 0 radical (unpaired) electrons. The Kier molecular flexibility index (Phi) is 5.22. The van der Waals surface area contributed by atoms with Crippen molar-refractivity contribution < 1.29 is 14.6 Å². The number of phenols is 1. The Morgan fingerprint density at radius 2 is 2.32 bits per heavy atom. The van der Waals surface area contributed by atoms with E-state index in [1.807, 2.05) is 0 Å². The zero-order chi connectivity index (χ0) is 13.7. The van der Waals surface area contributed by atoms with E-state index < -0.39 is 0 Å². The number of carbonyl (C=O) groups excluding carboxylic acids is 1. The number of nitrogens with one attached hydrogen (secondary N) is 1. The molecule has 1 saturated heterocycles. The molecule has 2 rings (SSSR count). The van der Waals surface area contributed by atoms with Crippen molar-refractivity contribution in [2.24, 2.45) is 0 Å². The third-order valence-electron chi connectivity index (χ3n) is 3.23. The molecule has 0 bridgehead atoms. The van der Waals surface area contributed by atoms with Gasteiger partial charge in [-0.3, -0.25) is 4.79 Å². The number of phenolic OH excluding ortho intramolecular Hbond substituents is 1. The van der Waals surface area contributed by atoms with E-state index in [0.29, 0.717) is 16.6 Å². The fourth-order valence-electron chi connectivity index (χ4n) is 2.14. The summed E-state index contributed by atoms with van der Waals surface area (Å²) < 4.78 is 6.19. The van der Waals surface area contributed by atoms with Crippen LogP contribution in [0.25, 0.3) is 0 Å². The highest BCUT2D eigenvalue weighted by molar-refractivity contribution is 9.10. The first kappa shape index (κ1) is 14.3. The topological polar surface area (TPSA) is 58.6 Å². The van der Waals surface area contributed by atoms with Gasteiger partial charge in [0.1, 0.15) is 5.75 Å². The third-order valence-corrected chi connectivity index (χ3v) is 3.90. The minimum Gasteiger partial charge on any atom is -0.507 e. The van der Waals surface area contributed by atoms with Crippen LogP contribution < -0.4 is 5.32 Å². The summed E-state index contributed by atoms with van der Waals surface area (Å²) in [6, 6.07) is 4.79. The number of carbonyl (C=O) groups is 1. The second kappa shape index (κ2) is 6.91. The summed E-state index contributed by atoms with van der Waals surface area (Å²) in [4.78, 5) is 11.9. The van der Waals surface area contributed by atoms with Gasteiger partial charge in [0, 0.05) is 18.7 Å². The second-order valence-corrected chi connectivity index (χ2v) is 5.55. The summed E-state index contributed by atoms with van der Waals surface area (Å²) in [5.41, 5.74) is 0.463. The Labute approximate surface area is 121 Å². The third kappa shape index (κ3) is 4.21. The van der Waals surface area contributed by atoms with Gasteiger partial charge < -0.3 is 15.2 Å². The molecule has 104 valence electrons. The van der Waals surface area contributed by atoms with Crippen molar-refractivity contribution in [3.63, 3.8) is 0 Å². The highest BCUT2D eigenvalue weighted by atomic mass is 79.9. The van der Waals surface area contributed by atoms with Crippen LogP contribution in [0.4, 0.5) is 0 Å². The lowest BCUT2D eigenvalue weighted by atomic mass is 10.1. The van der Waals surface area contributed by atoms with Crippen LogP contribution in [0.5, 0.6) is 5.75 Å². The number of rotatable bonds is 4. The van der Waals surface area contributed by atoms with Crippen molar-refractivity contribution in [2.45, 2.75) is 31.8 Å². The minimum absolute atomic E-state index is 0.0725. The molecule has 1 aromatic carbocycles. The van der Waals surface area contributed by atoms with Crippen LogP contribution in [0.1, 0.15) is 36.0 Å². The van der Waals surface area contributed by atoms with Crippen LogP contribution in [0.3, 0.4) is 0 Å². The van der Waals surface area contributed by atoms with E-state index in [4.69, 9.17) is 4.74 Å². The van der Waals surface area contributed by atoms with Crippen LogP contribution in [-0.4, -0.2) is 30.3 Å². The molecule has 0 spiro atoms. The standard InChI is InChI=1S/C14H18BrNO3/c15-12-5-4-10(9-13(12)17)14(18)16-7-6-11-3-1-2-8-19-11/h4-5,9,11,17H,1-3,6-8H2,(H,16,18). The number of halogens is 1. The fraction of sp³-hybridized carbons (Fsp3) is 0.500. The fourth-order valence-corrected chi connectivity index (χ4v) is 2.38. The number of hydrogen-bond donors (Lipinski definition) is 2. The molecule has 1 aliphatic rings. The zero-order valence-electron chi connectivity index (χ0n) is 10.7. The average molecular weight is 328 g/mol. The number of benzene rings is 1. The Hall–Kier alpha value is -1.07. The Morgan fingerprint density at radius 3 is 3.00 bits per heavy atom. The molecule has 1 unspecified atom stereocenters. The molecule has 1 aromatic rings. The second-order valence-electron chi connectivity index (χ2n) is 4.70. The number of ether oxygens (including phenoxy) is 1. The lowest BCUT2D eigenvalue weighted by Gasteiger charge is -2.22. The molecular weight excluding hydrogens is 310 g/mol. The number of aromatic hydroxyl groups is 1. The van der Waals surface area contributed by atoms with Crippen molar-refractivity contribution in [3.05, 3.63) is 28.2 Å². The molecular formula is C14H18BrNO3. The SMILES string of the molecule is O=C(NCCC1CCCCO1)c1ccc(Br)c(O)c1. The van der Waals surface area contributed by atoms with Crippen LogP contribution in [0.2, 0.25) is 0 Å². The first-order chi connectivity index (χ1) is 9.16. The summed E-state index contributed by atoms with van der Waals surface area (Å²) in [6.07, 6.45) is 4.54. The summed E-state index contributed by atoms with van der Waals surface area (Å²) in [7, 11) is 0. The van der Waals surface area contributed by atoms with E-state index in [1.54, 1.807) is 12.1 Å². The van der Waals surface area contributed by atoms with Crippen molar-refractivity contribution >= 4 is 21.8 Å². The predicted molar refractivity (Wildman–Crippen MR) is 76.3 cm³/mol. The zero-order valence-corrected chi connectivity index (χ0v) is 12.3. The molecule has 1 aliphatic heterocycles. The number of amides is 1. The molecule has 1 amide bonds. The largest absolute Gasteiger partial charge is 0.507 e. The van der Waals surface area contributed by atoms with Gasteiger partial charge in [0.15, 0.2) is 0 Å².